The van der Waals surface area contributed by atoms with Crippen LogP contribution in [0.1, 0.15) is 17.3 Å². The SMILES string of the molecule is CCNC(=O)C1CNCCN1C(=O)c1ccc(O)c(O)c1. The lowest BCUT2D eigenvalue weighted by Crippen LogP contribution is -2.59. The predicted octanol–water partition coefficient (Wildman–Crippen LogP) is -0.352. The van der Waals surface area contributed by atoms with Crippen molar-refractivity contribution < 1.29 is 19.8 Å². The molecule has 1 aliphatic heterocycles. The van der Waals surface area contributed by atoms with Gasteiger partial charge in [0.1, 0.15) is 6.04 Å². The molecule has 1 heterocycles. The molecule has 1 atom stereocenters. The summed E-state index contributed by atoms with van der Waals surface area (Å²) in [6, 6.07) is 3.30. The van der Waals surface area contributed by atoms with Gasteiger partial charge in [0.05, 0.1) is 0 Å². The summed E-state index contributed by atoms with van der Waals surface area (Å²) in [7, 11) is 0. The molecule has 1 aliphatic rings. The molecule has 114 valence electrons. The molecule has 0 bridgehead atoms. The molecular formula is C14H19N3O4. The van der Waals surface area contributed by atoms with E-state index in [0.717, 1.165) is 0 Å². The number of carbonyl (C=O) groups excluding carboxylic acids is 2. The van der Waals surface area contributed by atoms with Crippen LogP contribution < -0.4 is 10.6 Å². The minimum Gasteiger partial charge on any atom is -0.504 e. The molecule has 7 heteroatoms. The van der Waals surface area contributed by atoms with Crippen molar-refractivity contribution in [2.24, 2.45) is 0 Å². The lowest BCUT2D eigenvalue weighted by atomic mass is 10.1. The van der Waals surface area contributed by atoms with Crippen LogP contribution in [0.5, 0.6) is 11.5 Å². The highest BCUT2D eigenvalue weighted by molar-refractivity contribution is 5.98. The van der Waals surface area contributed by atoms with Crippen molar-refractivity contribution in [2.75, 3.05) is 26.2 Å². The summed E-state index contributed by atoms with van der Waals surface area (Å²) in [5.41, 5.74) is 0.237. The zero-order chi connectivity index (χ0) is 15.4. The van der Waals surface area contributed by atoms with Crippen molar-refractivity contribution in [2.45, 2.75) is 13.0 Å². The molecule has 0 aromatic heterocycles. The molecule has 0 aliphatic carbocycles. The fraction of sp³-hybridized carbons (Fsp3) is 0.429. The number of hydrogen-bond donors (Lipinski definition) is 4. The Morgan fingerprint density at radius 1 is 1.38 bits per heavy atom. The van der Waals surface area contributed by atoms with Gasteiger partial charge in [0.25, 0.3) is 5.91 Å². The van der Waals surface area contributed by atoms with E-state index in [4.69, 9.17) is 0 Å². The van der Waals surface area contributed by atoms with Gasteiger partial charge in [-0.05, 0) is 25.1 Å². The number of benzene rings is 1. The molecule has 7 nitrogen and oxygen atoms in total. The summed E-state index contributed by atoms with van der Waals surface area (Å²) in [5.74, 6) is -1.19. The molecule has 2 rings (SSSR count). The summed E-state index contributed by atoms with van der Waals surface area (Å²) in [6.07, 6.45) is 0. The normalized spacial score (nSPS) is 18.3. The first-order valence-corrected chi connectivity index (χ1v) is 6.86. The Hall–Kier alpha value is -2.28. The van der Waals surface area contributed by atoms with Gasteiger partial charge >= 0.3 is 0 Å². The second kappa shape index (κ2) is 6.45. The molecular weight excluding hydrogens is 274 g/mol. The van der Waals surface area contributed by atoms with E-state index in [-0.39, 0.29) is 28.9 Å². The fourth-order valence-corrected chi connectivity index (χ4v) is 2.30. The zero-order valence-corrected chi connectivity index (χ0v) is 11.8. The lowest BCUT2D eigenvalue weighted by Gasteiger charge is -2.35. The van der Waals surface area contributed by atoms with E-state index in [2.05, 4.69) is 10.6 Å². The van der Waals surface area contributed by atoms with E-state index < -0.39 is 6.04 Å². The Labute approximate surface area is 122 Å². The molecule has 1 saturated heterocycles. The van der Waals surface area contributed by atoms with Gasteiger partial charge in [-0.25, -0.2) is 0 Å². The number of carbonyl (C=O) groups is 2. The van der Waals surface area contributed by atoms with Gasteiger partial charge in [0, 0.05) is 31.7 Å². The molecule has 1 aromatic rings. The molecule has 4 N–H and O–H groups in total. The third kappa shape index (κ3) is 3.25. The van der Waals surface area contributed by atoms with E-state index in [1.165, 1.54) is 23.1 Å². The van der Waals surface area contributed by atoms with Crippen LogP contribution in [-0.2, 0) is 4.79 Å². The molecule has 1 fully saturated rings. The van der Waals surface area contributed by atoms with Gasteiger partial charge in [-0.15, -0.1) is 0 Å². The molecule has 21 heavy (non-hydrogen) atoms. The van der Waals surface area contributed by atoms with Crippen LogP contribution in [0.3, 0.4) is 0 Å². The maximum Gasteiger partial charge on any atom is 0.254 e. The minimum absolute atomic E-state index is 0.207. The van der Waals surface area contributed by atoms with E-state index in [1.807, 2.05) is 6.92 Å². The van der Waals surface area contributed by atoms with E-state index >= 15 is 0 Å². The average Bonchev–Trinajstić information content (AvgIpc) is 2.49. The van der Waals surface area contributed by atoms with Crippen molar-refractivity contribution in [3.05, 3.63) is 23.8 Å². The minimum atomic E-state index is -0.581. The third-order valence-electron chi connectivity index (χ3n) is 3.38. The Morgan fingerprint density at radius 3 is 2.81 bits per heavy atom. The van der Waals surface area contributed by atoms with Crippen molar-refractivity contribution in [1.29, 1.82) is 0 Å². The van der Waals surface area contributed by atoms with Crippen LogP contribution in [0.15, 0.2) is 18.2 Å². The number of phenols is 2. The zero-order valence-electron chi connectivity index (χ0n) is 11.8. The van der Waals surface area contributed by atoms with E-state index in [0.29, 0.717) is 26.2 Å². The second-order valence-corrected chi connectivity index (χ2v) is 4.82. The Bertz CT molecular complexity index is 547. The standard InChI is InChI=1S/C14H19N3O4/c1-2-16-13(20)10-8-15-5-6-17(10)14(21)9-3-4-11(18)12(19)7-9/h3-4,7,10,15,18-19H,2,5-6,8H2,1H3,(H,16,20). The summed E-state index contributed by atoms with van der Waals surface area (Å²) >= 11 is 0. The summed E-state index contributed by atoms with van der Waals surface area (Å²) in [4.78, 5) is 26.0. The largest absolute Gasteiger partial charge is 0.504 e. The highest BCUT2D eigenvalue weighted by atomic mass is 16.3. The molecule has 1 aromatic carbocycles. The molecule has 0 saturated carbocycles. The third-order valence-corrected chi connectivity index (χ3v) is 3.38. The van der Waals surface area contributed by atoms with Crippen LogP contribution in [0.2, 0.25) is 0 Å². The Morgan fingerprint density at radius 2 is 2.14 bits per heavy atom. The number of nitrogens with zero attached hydrogens (tertiary/aromatic N) is 1. The van der Waals surface area contributed by atoms with E-state index in [1.54, 1.807) is 0 Å². The number of amides is 2. The number of rotatable bonds is 3. The summed E-state index contributed by atoms with van der Waals surface area (Å²) in [5, 5.41) is 24.6. The quantitative estimate of drug-likeness (QED) is 0.571. The lowest BCUT2D eigenvalue weighted by molar-refractivity contribution is -0.126. The van der Waals surface area contributed by atoms with Gasteiger partial charge in [0.2, 0.25) is 5.91 Å². The first-order chi connectivity index (χ1) is 10.0. The molecule has 0 spiro atoms. The Balaban J connectivity index is 2.21. The van der Waals surface area contributed by atoms with Gasteiger partial charge in [-0.2, -0.15) is 0 Å². The first kappa shape index (κ1) is 15.1. The highest BCUT2D eigenvalue weighted by Crippen LogP contribution is 2.26. The van der Waals surface area contributed by atoms with Gasteiger partial charge in [0.15, 0.2) is 11.5 Å². The summed E-state index contributed by atoms with van der Waals surface area (Å²) < 4.78 is 0. The monoisotopic (exact) mass is 293 g/mol. The van der Waals surface area contributed by atoms with Crippen LogP contribution in [-0.4, -0.2) is 59.1 Å². The van der Waals surface area contributed by atoms with Gasteiger partial charge in [-0.1, -0.05) is 0 Å². The second-order valence-electron chi connectivity index (χ2n) is 4.82. The maximum absolute atomic E-state index is 12.5. The predicted molar refractivity (Wildman–Crippen MR) is 76.1 cm³/mol. The van der Waals surface area contributed by atoms with Crippen LogP contribution in [0, 0.1) is 0 Å². The fourth-order valence-electron chi connectivity index (χ4n) is 2.30. The van der Waals surface area contributed by atoms with Crippen LogP contribution in [0.25, 0.3) is 0 Å². The van der Waals surface area contributed by atoms with Gasteiger partial charge < -0.3 is 25.7 Å². The number of nitrogens with one attached hydrogen (secondary N) is 2. The summed E-state index contributed by atoms with van der Waals surface area (Å²) in [6.45, 7) is 3.71. The topological polar surface area (TPSA) is 102 Å². The van der Waals surface area contributed by atoms with Gasteiger partial charge in [-0.3, -0.25) is 9.59 Å². The van der Waals surface area contributed by atoms with Crippen LogP contribution >= 0.6 is 0 Å². The highest BCUT2D eigenvalue weighted by Gasteiger charge is 2.32. The Kier molecular flexibility index (Phi) is 4.64. The average molecular weight is 293 g/mol. The smallest absolute Gasteiger partial charge is 0.254 e. The maximum atomic E-state index is 12.5. The number of piperazine rings is 1. The van der Waals surface area contributed by atoms with Crippen molar-refractivity contribution >= 4 is 11.8 Å². The number of likely N-dealkylation sites (N-methyl/N-ethyl adjacent to an activating group) is 1. The van der Waals surface area contributed by atoms with E-state index in [9.17, 15) is 19.8 Å². The van der Waals surface area contributed by atoms with Crippen molar-refractivity contribution in [3.8, 4) is 11.5 Å². The number of hydrogen-bond acceptors (Lipinski definition) is 5. The number of phenolic OH excluding ortho intramolecular Hbond substituents is 2. The van der Waals surface area contributed by atoms with Crippen LogP contribution in [0.4, 0.5) is 0 Å². The van der Waals surface area contributed by atoms with Crippen molar-refractivity contribution in [1.82, 2.24) is 15.5 Å². The van der Waals surface area contributed by atoms with Crippen molar-refractivity contribution in [3.63, 3.8) is 0 Å². The molecule has 0 radical (unpaired) electrons. The number of aromatic hydroxyl groups is 2. The molecule has 1 unspecified atom stereocenters. The first-order valence-electron chi connectivity index (χ1n) is 6.86. The molecule has 2 amide bonds.